The average molecular weight is 461 g/mol. The Bertz CT molecular complexity index is 746. The lowest BCUT2D eigenvalue weighted by molar-refractivity contribution is -0.0237. The van der Waals surface area contributed by atoms with Crippen molar-refractivity contribution in [2.24, 2.45) is 23.2 Å². The molecule has 3 saturated carbocycles. The molecular formula is C30H46F2O. The molecule has 1 aromatic rings. The molecule has 2 bridgehead atoms. The molecule has 0 radical (unpaired) electrons. The van der Waals surface area contributed by atoms with Crippen molar-refractivity contribution < 1.29 is 13.5 Å². The molecule has 0 spiro atoms. The smallest absolute Gasteiger partial charge is 0.191 e. The van der Waals surface area contributed by atoms with Crippen LogP contribution in [0.1, 0.15) is 129 Å². The van der Waals surface area contributed by atoms with E-state index in [0.29, 0.717) is 5.41 Å². The second kappa shape index (κ2) is 11.1. The van der Waals surface area contributed by atoms with Crippen molar-refractivity contribution in [1.29, 1.82) is 0 Å². The van der Waals surface area contributed by atoms with Crippen molar-refractivity contribution in [2.75, 3.05) is 0 Å². The van der Waals surface area contributed by atoms with Crippen molar-refractivity contribution in [3.8, 4) is 5.75 Å². The number of fused-ring (bicyclic) bond motifs is 2. The van der Waals surface area contributed by atoms with Gasteiger partial charge in [-0.3, -0.25) is 0 Å². The van der Waals surface area contributed by atoms with Gasteiger partial charge >= 0.3 is 0 Å². The molecule has 0 aliphatic heterocycles. The van der Waals surface area contributed by atoms with E-state index in [9.17, 15) is 8.78 Å². The van der Waals surface area contributed by atoms with Crippen LogP contribution in [0.15, 0.2) is 12.1 Å². The molecule has 3 fully saturated rings. The highest BCUT2D eigenvalue weighted by molar-refractivity contribution is 5.33. The van der Waals surface area contributed by atoms with Crippen molar-refractivity contribution in [1.82, 2.24) is 0 Å². The topological polar surface area (TPSA) is 9.23 Å². The molecule has 33 heavy (non-hydrogen) atoms. The van der Waals surface area contributed by atoms with Crippen LogP contribution in [0.25, 0.3) is 0 Å². The number of hydrogen-bond donors (Lipinski definition) is 0. The minimum Gasteiger partial charge on any atom is -0.485 e. The summed E-state index contributed by atoms with van der Waals surface area (Å²) in [5.74, 6) is 1.71. The van der Waals surface area contributed by atoms with Gasteiger partial charge < -0.3 is 4.74 Å². The van der Waals surface area contributed by atoms with Gasteiger partial charge in [-0.25, -0.2) is 8.78 Å². The lowest BCUT2D eigenvalue weighted by Crippen LogP contribution is -2.43. The Labute approximate surface area is 201 Å². The van der Waals surface area contributed by atoms with E-state index in [1.807, 2.05) is 6.92 Å². The third-order valence-electron chi connectivity index (χ3n) is 9.69. The molecule has 0 heterocycles. The molecule has 3 aliphatic rings. The summed E-state index contributed by atoms with van der Waals surface area (Å²) < 4.78 is 35.4. The molecule has 4 rings (SSSR count). The van der Waals surface area contributed by atoms with Gasteiger partial charge in [0.1, 0.15) is 0 Å². The van der Waals surface area contributed by atoms with E-state index in [-0.39, 0.29) is 17.8 Å². The lowest BCUT2D eigenvalue weighted by atomic mass is 9.52. The van der Waals surface area contributed by atoms with Crippen LogP contribution in [0.4, 0.5) is 8.78 Å². The van der Waals surface area contributed by atoms with E-state index < -0.39 is 11.6 Å². The average Bonchev–Trinajstić information content (AvgIpc) is 2.82. The number of hydrogen-bond acceptors (Lipinski definition) is 1. The van der Waals surface area contributed by atoms with Crippen molar-refractivity contribution in [3.05, 3.63) is 29.3 Å². The summed E-state index contributed by atoms with van der Waals surface area (Å²) in [6.07, 6.45) is 18.3. The first kappa shape index (κ1) is 25.0. The van der Waals surface area contributed by atoms with Gasteiger partial charge in [0.05, 0.1) is 6.10 Å². The molecular weight excluding hydrogens is 414 g/mol. The first-order chi connectivity index (χ1) is 15.9. The van der Waals surface area contributed by atoms with E-state index in [2.05, 4.69) is 13.8 Å². The number of rotatable bonds is 9. The molecule has 3 aliphatic carbocycles. The lowest BCUT2D eigenvalue weighted by Gasteiger charge is -2.53. The van der Waals surface area contributed by atoms with Crippen LogP contribution in [0.5, 0.6) is 5.75 Å². The fraction of sp³-hybridized carbons (Fsp3) is 0.800. The first-order valence-electron chi connectivity index (χ1n) is 14.1. The molecule has 1 nitrogen and oxygen atoms in total. The van der Waals surface area contributed by atoms with Gasteiger partial charge in [0.2, 0.25) is 0 Å². The second-order valence-electron chi connectivity index (χ2n) is 11.9. The van der Waals surface area contributed by atoms with Crippen molar-refractivity contribution in [3.63, 3.8) is 0 Å². The number of unbranched alkanes of at least 4 members (excludes halogenated alkanes) is 3. The van der Waals surface area contributed by atoms with Crippen LogP contribution >= 0.6 is 0 Å². The standard InChI is InChI=1S/C30H46F2O/c1-4-5-6-7-9-22(3)33-29-27(31)18-25(19-28(29)32)23-11-13-26(14-12-23)30-16-8-10-24(20-30)21(2)15-17-30/h18-19,21-24,26H,4-17,20H2,1-3H3. The van der Waals surface area contributed by atoms with E-state index in [0.717, 1.165) is 55.4 Å². The summed E-state index contributed by atoms with van der Waals surface area (Å²) in [6.45, 7) is 6.56. The zero-order valence-corrected chi connectivity index (χ0v) is 21.3. The predicted octanol–water partition coefficient (Wildman–Crippen LogP) is 9.58. The quantitative estimate of drug-likeness (QED) is 0.333. The Morgan fingerprint density at radius 2 is 1.70 bits per heavy atom. The van der Waals surface area contributed by atoms with Gasteiger partial charge in [-0.2, -0.15) is 0 Å². The Morgan fingerprint density at radius 1 is 0.970 bits per heavy atom. The van der Waals surface area contributed by atoms with Crippen LogP contribution in [0.2, 0.25) is 0 Å². The minimum atomic E-state index is -0.525. The fourth-order valence-corrected chi connectivity index (χ4v) is 7.57. The second-order valence-corrected chi connectivity index (χ2v) is 11.9. The Kier molecular flexibility index (Phi) is 8.39. The molecule has 1 aromatic carbocycles. The highest BCUT2D eigenvalue weighted by atomic mass is 19.1. The van der Waals surface area contributed by atoms with E-state index in [1.165, 1.54) is 64.2 Å². The normalized spacial score (nSPS) is 33.0. The fourth-order valence-electron chi connectivity index (χ4n) is 7.57. The zero-order chi connectivity index (χ0) is 23.4. The SMILES string of the molecule is CCCCCCC(C)Oc1c(F)cc(C2CCC(C34CCCC(C3)C(C)CC4)CC2)cc1F. The van der Waals surface area contributed by atoms with Gasteiger partial charge in [-0.15, -0.1) is 0 Å². The van der Waals surface area contributed by atoms with Gasteiger partial charge in [-0.05, 0) is 118 Å². The van der Waals surface area contributed by atoms with Crippen LogP contribution in [0, 0.1) is 34.8 Å². The monoisotopic (exact) mass is 460 g/mol. The molecule has 0 N–H and O–H groups in total. The highest BCUT2D eigenvalue weighted by Gasteiger charge is 2.47. The number of benzene rings is 1. The van der Waals surface area contributed by atoms with Crippen LogP contribution in [-0.2, 0) is 0 Å². The van der Waals surface area contributed by atoms with Gasteiger partial charge in [0, 0.05) is 0 Å². The maximum absolute atomic E-state index is 14.9. The summed E-state index contributed by atoms with van der Waals surface area (Å²) in [5, 5.41) is 0. The minimum absolute atomic E-state index is 0.163. The number of ether oxygens (including phenoxy) is 1. The number of halogens is 2. The zero-order valence-electron chi connectivity index (χ0n) is 21.3. The van der Waals surface area contributed by atoms with Crippen LogP contribution in [0.3, 0.4) is 0 Å². The van der Waals surface area contributed by atoms with Gasteiger partial charge in [0.15, 0.2) is 17.4 Å². The predicted molar refractivity (Wildman–Crippen MR) is 133 cm³/mol. The molecule has 0 saturated heterocycles. The molecule has 3 heteroatoms. The Balaban J connectivity index is 1.34. The summed E-state index contributed by atoms with van der Waals surface area (Å²) in [4.78, 5) is 0. The molecule has 0 amide bonds. The summed E-state index contributed by atoms with van der Waals surface area (Å²) in [7, 11) is 0. The van der Waals surface area contributed by atoms with Crippen LogP contribution in [-0.4, -0.2) is 6.10 Å². The Morgan fingerprint density at radius 3 is 2.39 bits per heavy atom. The molecule has 186 valence electrons. The Hall–Kier alpha value is -1.12. The molecule has 0 aromatic heterocycles. The van der Waals surface area contributed by atoms with Gasteiger partial charge in [-0.1, -0.05) is 46.0 Å². The van der Waals surface area contributed by atoms with E-state index in [1.54, 1.807) is 12.1 Å². The largest absolute Gasteiger partial charge is 0.485 e. The van der Waals surface area contributed by atoms with E-state index in [4.69, 9.17) is 4.74 Å². The first-order valence-corrected chi connectivity index (χ1v) is 14.1. The third-order valence-corrected chi connectivity index (χ3v) is 9.69. The van der Waals surface area contributed by atoms with E-state index >= 15 is 0 Å². The van der Waals surface area contributed by atoms with Crippen LogP contribution < -0.4 is 4.74 Å². The summed E-state index contributed by atoms with van der Waals surface area (Å²) in [6, 6.07) is 3.12. The van der Waals surface area contributed by atoms with Gasteiger partial charge in [0.25, 0.3) is 0 Å². The maximum atomic E-state index is 14.9. The highest BCUT2D eigenvalue weighted by Crippen LogP contribution is 2.58. The summed E-state index contributed by atoms with van der Waals surface area (Å²) >= 11 is 0. The summed E-state index contributed by atoms with van der Waals surface area (Å²) in [5.41, 5.74) is 1.41. The molecule has 4 atom stereocenters. The van der Waals surface area contributed by atoms with Crippen molar-refractivity contribution in [2.45, 2.75) is 129 Å². The van der Waals surface area contributed by atoms with Crippen molar-refractivity contribution >= 4 is 0 Å². The third kappa shape index (κ3) is 5.76. The maximum Gasteiger partial charge on any atom is 0.191 e. The molecule has 4 unspecified atom stereocenters.